The molecule has 0 atom stereocenters. The van der Waals surface area contributed by atoms with Gasteiger partial charge in [-0.2, -0.15) is 0 Å². The minimum absolute atomic E-state index is 0.0283. The first-order chi connectivity index (χ1) is 13.3. The molecule has 2 fully saturated rings. The Morgan fingerprint density at radius 2 is 1.86 bits per heavy atom. The van der Waals surface area contributed by atoms with Crippen LogP contribution in [0.15, 0.2) is 23.1 Å². The van der Waals surface area contributed by atoms with E-state index in [1.165, 1.54) is 17.0 Å². The highest BCUT2D eigenvalue weighted by atomic mass is 32.2. The summed E-state index contributed by atoms with van der Waals surface area (Å²) in [6.07, 6.45) is 3.62. The number of hydrogen-bond acceptors (Lipinski definition) is 5. The van der Waals surface area contributed by atoms with Gasteiger partial charge in [0.15, 0.2) is 0 Å². The molecule has 0 radical (unpaired) electrons. The first kappa shape index (κ1) is 21.0. The van der Waals surface area contributed by atoms with E-state index in [0.717, 1.165) is 58.4 Å². The fraction of sp³-hybridized carbons (Fsp3) is 0.684. The largest absolute Gasteiger partial charge is 0.355 e. The Hall–Kier alpha value is -1.71. The molecule has 2 aliphatic rings. The minimum atomic E-state index is -3.77. The predicted octanol–water partition coefficient (Wildman–Crippen LogP) is 1.18. The summed E-state index contributed by atoms with van der Waals surface area (Å²) in [6.45, 7) is 8.66. The van der Waals surface area contributed by atoms with E-state index in [2.05, 4.69) is 18.6 Å². The van der Waals surface area contributed by atoms with Crippen molar-refractivity contribution in [3.63, 3.8) is 0 Å². The third-order valence-electron chi connectivity index (χ3n) is 6.10. The van der Waals surface area contributed by atoms with E-state index >= 15 is 0 Å². The summed E-state index contributed by atoms with van der Waals surface area (Å²) in [6, 6.07) is 4.20. The van der Waals surface area contributed by atoms with Crippen molar-refractivity contribution in [3.05, 3.63) is 28.3 Å². The second-order valence-electron chi connectivity index (χ2n) is 8.08. The quantitative estimate of drug-likeness (QED) is 0.541. The molecule has 156 valence electrons. The highest BCUT2D eigenvalue weighted by Crippen LogP contribution is 2.31. The van der Waals surface area contributed by atoms with Gasteiger partial charge in [-0.25, -0.2) is 13.1 Å². The Morgan fingerprint density at radius 3 is 2.43 bits per heavy atom. The smallest absolute Gasteiger partial charge is 0.293 e. The van der Waals surface area contributed by atoms with Crippen molar-refractivity contribution in [2.45, 2.75) is 50.5 Å². The normalized spacial score (nSPS) is 24.3. The lowest BCUT2D eigenvalue weighted by Gasteiger charge is -2.32. The summed E-state index contributed by atoms with van der Waals surface area (Å²) in [4.78, 5) is 14.6. The molecule has 1 aliphatic heterocycles. The van der Waals surface area contributed by atoms with Crippen LogP contribution in [0.5, 0.6) is 0 Å². The fourth-order valence-electron chi connectivity index (χ4n) is 4.17. The molecule has 2 N–H and O–H groups in total. The van der Waals surface area contributed by atoms with Crippen LogP contribution in [0.3, 0.4) is 0 Å². The molecule has 3 rings (SSSR count). The van der Waals surface area contributed by atoms with Crippen molar-refractivity contribution in [3.8, 4) is 0 Å². The summed E-state index contributed by atoms with van der Waals surface area (Å²) < 4.78 is 28.3. The molecule has 1 heterocycles. The first-order valence-electron chi connectivity index (χ1n) is 10.2. The number of nitro benzene ring substituents is 1. The Morgan fingerprint density at radius 1 is 1.21 bits per heavy atom. The summed E-state index contributed by atoms with van der Waals surface area (Å²) in [7, 11) is -3.77. The number of quaternary nitrogens is 1. The molecule has 0 bridgehead atoms. The number of benzene rings is 1. The van der Waals surface area contributed by atoms with Gasteiger partial charge in [-0.1, -0.05) is 6.92 Å². The predicted molar refractivity (Wildman–Crippen MR) is 108 cm³/mol. The lowest BCUT2D eigenvalue weighted by Crippen LogP contribution is -3.14. The standard InChI is InChI=1S/C19H30N4O4S/c1-3-21-10-12-22(13-11-21)18-9-8-17(14-19(18)23(24)25)28(26,27)20-16-6-4-15(2)5-7-16/h8-9,14-16,20H,3-7,10-13H2,1-2H3/p+1. The van der Waals surface area contributed by atoms with Crippen LogP contribution in [0.1, 0.15) is 39.5 Å². The molecular formula is C19H31N4O4S+. The van der Waals surface area contributed by atoms with Gasteiger partial charge in [0.25, 0.3) is 5.69 Å². The zero-order valence-electron chi connectivity index (χ0n) is 16.7. The second-order valence-corrected chi connectivity index (χ2v) is 9.79. The summed E-state index contributed by atoms with van der Waals surface area (Å²) in [5.41, 5.74) is 0.366. The Kier molecular flexibility index (Phi) is 6.57. The number of piperazine rings is 1. The van der Waals surface area contributed by atoms with Gasteiger partial charge >= 0.3 is 0 Å². The molecule has 1 saturated heterocycles. The third kappa shape index (κ3) is 4.82. The van der Waals surface area contributed by atoms with Crippen LogP contribution in [0, 0.1) is 16.0 Å². The molecule has 1 aliphatic carbocycles. The number of hydrogen-bond donors (Lipinski definition) is 2. The van der Waals surface area contributed by atoms with Crippen molar-refractivity contribution in [1.29, 1.82) is 0 Å². The Labute approximate surface area is 167 Å². The molecule has 9 heteroatoms. The van der Waals surface area contributed by atoms with Crippen LogP contribution in [0.2, 0.25) is 0 Å². The van der Waals surface area contributed by atoms with E-state index < -0.39 is 14.9 Å². The maximum Gasteiger partial charge on any atom is 0.293 e. The molecule has 1 aromatic rings. The number of nitrogens with one attached hydrogen (secondary N) is 2. The molecule has 1 aromatic carbocycles. The average Bonchev–Trinajstić information content (AvgIpc) is 2.69. The van der Waals surface area contributed by atoms with Crippen LogP contribution in [-0.2, 0) is 10.0 Å². The van der Waals surface area contributed by atoms with Crippen molar-refractivity contribution in [2.24, 2.45) is 5.92 Å². The molecule has 0 unspecified atom stereocenters. The van der Waals surface area contributed by atoms with Crippen LogP contribution in [0.4, 0.5) is 11.4 Å². The number of sulfonamides is 1. The molecule has 0 aromatic heterocycles. The zero-order chi connectivity index (χ0) is 20.3. The molecule has 8 nitrogen and oxygen atoms in total. The van der Waals surface area contributed by atoms with E-state index in [1.54, 1.807) is 6.07 Å². The lowest BCUT2D eigenvalue weighted by molar-refractivity contribution is -0.898. The van der Waals surface area contributed by atoms with Gasteiger partial charge in [0, 0.05) is 12.1 Å². The van der Waals surface area contributed by atoms with Gasteiger partial charge in [0.05, 0.1) is 42.5 Å². The first-order valence-corrected chi connectivity index (χ1v) is 11.7. The number of anilines is 1. The average molecular weight is 412 g/mol. The van der Waals surface area contributed by atoms with E-state index in [0.29, 0.717) is 11.6 Å². The van der Waals surface area contributed by atoms with Gasteiger partial charge in [0.2, 0.25) is 10.0 Å². The molecule has 0 spiro atoms. The third-order valence-corrected chi connectivity index (χ3v) is 7.62. The summed E-state index contributed by atoms with van der Waals surface area (Å²) in [5, 5.41) is 11.6. The number of rotatable bonds is 6. The van der Waals surface area contributed by atoms with Crippen molar-refractivity contribution in [1.82, 2.24) is 4.72 Å². The second kappa shape index (κ2) is 8.75. The van der Waals surface area contributed by atoms with Crippen molar-refractivity contribution in [2.75, 3.05) is 37.6 Å². The van der Waals surface area contributed by atoms with Gasteiger partial charge in [-0.15, -0.1) is 0 Å². The van der Waals surface area contributed by atoms with E-state index in [1.807, 2.05) is 4.90 Å². The SMILES string of the molecule is CC[NH+]1CCN(c2ccc(S(=O)(=O)NC3CCC(C)CC3)cc2[N+](=O)[O-])CC1. The molecule has 0 amide bonds. The lowest BCUT2D eigenvalue weighted by atomic mass is 9.88. The number of likely N-dealkylation sites (N-methyl/N-ethyl adjacent to an activating group) is 1. The minimum Gasteiger partial charge on any atom is -0.355 e. The maximum absolute atomic E-state index is 12.8. The fourth-order valence-corrected chi connectivity index (χ4v) is 5.49. The number of nitrogens with zero attached hydrogens (tertiary/aromatic N) is 2. The van der Waals surface area contributed by atoms with Crippen molar-refractivity contribution >= 4 is 21.4 Å². The van der Waals surface area contributed by atoms with Crippen LogP contribution >= 0.6 is 0 Å². The highest BCUT2D eigenvalue weighted by molar-refractivity contribution is 7.89. The van der Waals surface area contributed by atoms with Crippen LogP contribution in [-0.4, -0.2) is 52.1 Å². The van der Waals surface area contributed by atoms with Gasteiger partial charge in [-0.05, 0) is 50.7 Å². The number of nitro groups is 1. The van der Waals surface area contributed by atoms with E-state index in [9.17, 15) is 18.5 Å². The summed E-state index contributed by atoms with van der Waals surface area (Å²) >= 11 is 0. The molecule has 1 saturated carbocycles. The van der Waals surface area contributed by atoms with Crippen LogP contribution < -0.4 is 14.5 Å². The maximum atomic E-state index is 12.8. The van der Waals surface area contributed by atoms with Crippen molar-refractivity contribution < 1.29 is 18.2 Å². The Balaban J connectivity index is 1.79. The Bertz CT molecular complexity index is 798. The zero-order valence-corrected chi connectivity index (χ0v) is 17.5. The summed E-state index contributed by atoms with van der Waals surface area (Å²) in [5.74, 6) is 0.621. The van der Waals surface area contributed by atoms with E-state index in [-0.39, 0.29) is 16.6 Å². The van der Waals surface area contributed by atoms with Gasteiger partial charge < -0.3 is 9.80 Å². The topological polar surface area (TPSA) is 97.0 Å². The monoisotopic (exact) mass is 411 g/mol. The van der Waals surface area contributed by atoms with Gasteiger partial charge in [-0.3, -0.25) is 10.1 Å². The molecular weight excluding hydrogens is 380 g/mol. The van der Waals surface area contributed by atoms with Gasteiger partial charge in [0.1, 0.15) is 5.69 Å². The van der Waals surface area contributed by atoms with Crippen LogP contribution in [0.25, 0.3) is 0 Å². The highest BCUT2D eigenvalue weighted by Gasteiger charge is 2.29. The van der Waals surface area contributed by atoms with E-state index in [4.69, 9.17) is 0 Å². The molecule has 28 heavy (non-hydrogen) atoms.